The zero-order chi connectivity index (χ0) is 20.7. The van der Waals surface area contributed by atoms with Gasteiger partial charge in [0.1, 0.15) is 5.82 Å². The first kappa shape index (κ1) is 20.8. The van der Waals surface area contributed by atoms with E-state index < -0.39 is 28.2 Å². The molecule has 0 atom stereocenters. The normalized spacial score (nSPS) is 18.3. The first-order valence-electron chi connectivity index (χ1n) is 9.05. The number of anilines is 2. The summed E-state index contributed by atoms with van der Waals surface area (Å²) in [6, 6.07) is 11.3. The minimum atomic E-state index is -3.18. The van der Waals surface area contributed by atoms with Gasteiger partial charge in [-0.2, -0.15) is 0 Å². The monoisotopic (exact) mass is 405 g/mol. The molecule has 8 heteroatoms. The second-order valence-electron chi connectivity index (χ2n) is 8.21. The van der Waals surface area contributed by atoms with Crippen LogP contribution < -0.4 is 10.8 Å². The molecule has 0 spiro atoms. The lowest BCUT2D eigenvalue weighted by molar-refractivity contribution is 0.00578. The van der Waals surface area contributed by atoms with Gasteiger partial charge in [-0.05, 0) is 63.6 Å². The van der Waals surface area contributed by atoms with E-state index in [4.69, 9.17) is 9.31 Å². The van der Waals surface area contributed by atoms with Gasteiger partial charge in [0.05, 0.1) is 17.0 Å². The number of hydrogen-bond acceptors (Lipinski definition) is 5. The Hall–Kier alpha value is -1.90. The molecule has 3 rings (SSSR count). The molecule has 0 unspecified atom stereocenters. The predicted octanol–water partition coefficient (Wildman–Crippen LogP) is 3.41. The SMILES string of the molecule is CC1(C)OB(c2cc(CS(C)(=O)=O)ccc2Nc2ccc(F)cc2)OC1(C)C. The second-order valence-corrected chi connectivity index (χ2v) is 10.4. The molecular weight excluding hydrogens is 380 g/mol. The molecule has 2 aromatic rings. The molecule has 0 saturated carbocycles. The van der Waals surface area contributed by atoms with Crippen LogP contribution in [0.1, 0.15) is 33.3 Å². The quantitative estimate of drug-likeness (QED) is 0.773. The van der Waals surface area contributed by atoms with Gasteiger partial charge >= 0.3 is 7.12 Å². The van der Waals surface area contributed by atoms with Crippen molar-refractivity contribution in [1.29, 1.82) is 0 Å². The van der Waals surface area contributed by atoms with Crippen molar-refractivity contribution < 1.29 is 22.1 Å². The zero-order valence-electron chi connectivity index (χ0n) is 16.7. The fraction of sp³-hybridized carbons (Fsp3) is 0.400. The molecule has 150 valence electrons. The number of hydrogen-bond donors (Lipinski definition) is 1. The Morgan fingerprint density at radius 3 is 2.11 bits per heavy atom. The molecular formula is C20H25BFNO4S. The lowest BCUT2D eigenvalue weighted by Gasteiger charge is -2.32. The third-order valence-corrected chi connectivity index (χ3v) is 6.03. The van der Waals surface area contributed by atoms with Gasteiger partial charge in [0.15, 0.2) is 9.84 Å². The van der Waals surface area contributed by atoms with Crippen LogP contribution in [0.4, 0.5) is 15.8 Å². The highest BCUT2D eigenvalue weighted by Crippen LogP contribution is 2.37. The van der Waals surface area contributed by atoms with Gasteiger partial charge in [-0.3, -0.25) is 0 Å². The summed E-state index contributed by atoms with van der Waals surface area (Å²) in [4.78, 5) is 0. The van der Waals surface area contributed by atoms with E-state index >= 15 is 0 Å². The number of sulfone groups is 1. The van der Waals surface area contributed by atoms with E-state index in [2.05, 4.69) is 5.32 Å². The van der Waals surface area contributed by atoms with E-state index in [0.717, 1.165) is 0 Å². The summed E-state index contributed by atoms with van der Waals surface area (Å²) in [6.45, 7) is 7.84. The fourth-order valence-corrected chi connectivity index (χ4v) is 3.76. The lowest BCUT2D eigenvalue weighted by Crippen LogP contribution is -2.41. The Balaban J connectivity index is 2.00. The fourth-order valence-electron chi connectivity index (χ4n) is 2.97. The van der Waals surface area contributed by atoms with Crippen molar-refractivity contribution in [2.75, 3.05) is 11.6 Å². The minimum absolute atomic E-state index is 0.0731. The zero-order valence-corrected chi connectivity index (χ0v) is 17.6. The summed E-state index contributed by atoms with van der Waals surface area (Å²) in [6.07, 6.45) is 1.20. The Bertz CT molecular complexity index is 958. The van der Waals surface area contributed by atoms with Crippen LogP contribution in [0, 0.1) is 5.82 Å². The molecule has 1 N–H and O–H groups in total. The Morgan fingerprint density at radius 2 is 1.57 bits per heavy atom. The third-order valence-electron chi connectivity index (χ3n) is 5.18. The van der Waals surface area contributed by atoms with E-state index in [0.29, 0.717) is 22.4 Å². The maximum Gasteiger partial charge on any atom is 0.496 e. The van der Waals surface area contributed by atoms with Crippen molar-refractivity contribution in [3.8, 4) is 0 Å². The highest BCUT2D eigenvalue weighted by molar-refractivity contribution is 7.89. The van der Waals surface area contributed by atoms with E-state index in [9.17, 15) is 12.8 Å². The van der Waals surface area contributed by atoms with Gasteiger partial charge in [0, 0.05) is 23.1 Å². The second kappa shape index (κ2) is 7.17. The Labute approximate surface area is 166 Å². The topological polar surface area (TPSA) is 64.6 Å². The molecule has 1 fully saturated rings. The highest BCUT2D eigenvalue weighted by Gasteiger charge is 2.52. The highest BCUT2D eigenvalue weighted by atomic mass is 32.2. The average molecular weight is 405 g/mol. The summed E-state index contributed by atoms with van der Waals surface area (Å²) in [5.74, 6) is -0.392. The largest absolute Gasteiger partial charge is 0.496 e. The van der Waals surface area contributed by atoms with Crippen molar-refractivity contribution in [2.24, 2.45) is 0 Å². The van der Waals surface area contributed by atoms with Crippen molar-refractivity contribution >= 4 is 33.8 Å². The first-order chi connectivity index (χ1) is 12.9. The van der Waals surface area contributed by atoms with Gasteiger partial charge in [0.2, 0.25) is 0 Å². The molecule has 0 aliphatic carbocycles. The number of rotatable bonds is 5. The molecule has 1 aliphatic heterocycles. The molecule has 1 aliphatic rings. The van der Waals surface area contributed by atoms with E-state index in [1.54, 1.807) is 30.3 Å². The van der Waals surface area contributed by atoms with Crippen LogP contribution >= 0.6 is 0 Å². The maximum absolute atomic E-state index is 13.2. The molecule has 28 heavy (non-hydrogen) atoms. The first-order valence-corrected chi connectivity index (χ1v) is 11.1. The number of halogens is 1. The smallest absolute Gasteiger partial charge is 0.399 e. The third kappa shape index (κ3) is 4.56. The minimum Gasteiger partial charge on any atom is -0.399 e. The van der Waals surface area contributed by atoms with Gasteiger partial charge in [0.25, 0.3) is 0 Å². The lowest BCUT2D eigenvalue weighted by atomic mass is 9.77. The van der Waals surface area contributed by atoms with Crippen LogP contribution in [0.3, 0.4) is 0 Å². The molecule has 0 radical (unpaired) electrons. The Morgan fingerprint density at radius 1 is 1.00 bits per heavy atom. The van der Waals surface area contributed by atoms with Gasteiger partial charge < -0.3 is 14.6 Å². The van der Waals surface area contributed by atoms with E-state index in [1.165, 1.54) is 18.4 Å². The number of nitrogens with one attached hydrogen (secondary N) is 1. The average Bonchev–Trinajstić information content (AvgIpc) is 2.77. The van der Waals surface area contributed by atoms with Crippen LogP contribution in [-0.2, 0) is 24.9 Å². The van der Waals surface area contributed by atoms with Crippen molar-refractivity contribution in [3.63, 3.8) is 0 Å². The van der Waals surface area contributed by atoms with Gasteiger partial charge in [-0.25, -0.2) is 12.8 Å². The standard InChI is InChI=1S/C20H25BFNO4S/c1-19(2)20(3,4)27-21(26-19)17-12-14(13-28(5,24)25)6-11-18(17)23-16-9-7-15(22)8-10-16/h6-12,23H,13H2,1-5H3. The maximum atomic E-state index is 13.2. The summed E-state index contributed by atoms with van der Waals surface area (Å²) in [7, 11) is -3.84. The van der Waals surface area contributed by atoms with Crippen LogP contribution in [-0.4, -0.2) is 33.0 Å². The van der Waals surface area contributed by atoms with Crippen molar-refractivity contribution in [3.05, 3.63) is 53.8 Å². The van der Waals surface area contributed by atoms with Crippen LogP contribution in [0.25, 0.3) is 0 Å². The molecule has 0 bridgehead atoms. The molecule has 1 heterocycles. The summed E-state index contributed by atoms with van der Waals surface area (Å²) >= 11 is 0. The van der Waals surface area contributed by atoms with Crippen LogP contribution in [0.2, 0.25) is 0 Å². The predicted molar refractivity (Wildman–Crippen MR) is 110 cm³/mol. The summed E-state index contributed by atoms with van der Waals surface area (Å²) in [5.41, 5.74) is 1.70. The summed E-state index contributed by atoms with van der Waals surface area (Å²) < 4.78 is 49.0. The molecule has 2 aromatic carbocycles. The van der Waals surface area contributed by atoms with Crippen LogP contribution in [0.5, 0.6) is 0 Å². The van der Waals surface area contributed by atoms with Crippen molar-refractivity contribution in [2.45, 2.75) is 44.6 Å². The van der Waals surface area contributed by atoms with Crippen LogP contribution in [0.15, 0.2) is 42.5 Å². The molecule has 0 aromatic heterocycles. The van der Waals surface area contributed by atoms with Gasteiger partial charge in [-0.15, -0.1) is 0 Å². The van der Waals surface area contributed by atoms with Gasteiger partial charge in [-0.1, -0.05) is 12.1 Å². The molecule has 0 amide bonds. The summed E-state index contributed by atoms with van der Waals surface area (Å²) in [5, 5.41) is 3.25. The Kier molecular flexibility index (Phi) is 5.33. The molecule has 1 saturated heterocycles. The van der Waals surface area contributed by atoms with E-state index in [1.807, 2.05) is 27.7 Å². The molecule has 5 nitrogen and oxygen atoms in total. The van der Waals surface area contributed by atoms with Crippen molar-refractivity contribution in [1.82, 2.24) is 0 Å². The van der Waals surface area contributed by atoms with E-state index in [-0.39, 0.29) is 11.6 Å². The number of benzene rings is 2.